The van der Waals surface area contributed by atoms with Gasteiger partial charge in [0, 0.05) is 4.47 Å². The summed E-state index contributed by atoms with van der Waals surface area (Å²) in [5.41, 5.74) is 0.363. The van der Waals surface area contributed by atoms with E-state index in [1.807, 2.05) is 17.5 Å². The average Bonchev–Trinajstić information content (AvgIpc) is 3.24. The van der Waals surface area contributed by atoms with Crippen LogP contribution in [-0.2, 0) is 11.3 Å². The van der Waals surface area contributed by atoms with Gasteiger partial charge in [0.2, 0.25) is 0 Å². The maximum Gasteiger partial charge on any atom is 0.339 e. The Morgan fingerprint density at radius 2 is 2.22 bits per heavy atom. The van der Waals surface area contributed by atoms with Crippen LogP contribution in [0, 0.1) is 0 Å². The number of ether oxygens (including phenoxy) is 2. The quantitative estimate of drug-likeness (QED) is 0.610. The fourth-order valence-electron chi connectivity index (χ4n) is 1.80. The van der Waals surface area contributed by atoms with Crippen molar-refractivity contribution in [3.63, 3.8) is 0 Å². The van der Waals surface area contributed by atoms with Crippen LogP contribution in [0.4, 0.5) is 0 Å². The molecule has 6 nitrogen and oxygen atoms in total. The van der Waals surface area contributed by atoms with Crippen molar-refractivity contribution < 1.29 is 18.7 Å². The first-order chi connectivity index (χ1) is 11.2. The number of hydrogen-bond donors (Lipinski definition) is 0. The molecule has 0 aliphatic heterocycles. The van der Waals surface area contributed by atoms with Gasteiger partial charge >= 0.3 is 5.97 Å². The molecular weight excluding hydrogens is 384 g/mol. The Bertz CT molecular complexity index is 817. The molecule has 0 N–H and O–H groups in total. The minimum Gasteiger partial charge on any atom is -0.497 e. The molecule has 0 bridgehead atoms. The molecule has 0 radical (unpaired) electrons. The first-order valence-corrected chi connectivity index (χ1v) is 8.21. The number of thiophene rings is 1. The third-order valence-electron chi connectivity index (χ3n) is 2.92. The number of esters is 1. The fraction of sp³-hybridized carbons (Fsp3) is 0.133. The van der Waals surface area contributed by atoms with Gasteiger partial charge in [-0.2, -0.15) is 0 Å². The smallest absolute Gasteiger partial charge is 0.339 e. The Morgan fingerprint density at radius 3 is 2.96 bits per heavy atom. The highest BCUT2D eigenvalue weighted by Crippen LogP contribution is 2.25. The third-order valence-corrected chi connectivity index (χ3v) is 4.47. The van der Waals surface area contributed by atoms with Crippen LogP contribution in [0.2, 0.25) is 0 Å². The predicted molar refractivity (Wildman–Crippen MR) is 87.4 cm³/mol. The van der Waals surface area contributed by atoms with E-state index in [1.165, 1.54) is 18.4 Å². The normalized spacial score (nSPS) is 10.5. The van der Waals surface area contributed by atoms with Crippen LogP contribution in [0.25, 0.3) is 10.8 Å². The van der Waals surface area contributed by atoms with Gasteiger partial charge in [0.05, 0.1) is 17.6 Å². The second-order valence-electron chi connectivity index (χ2n) is 4.40. The van der Waals surface area contributed by atoms with Crippen molar-refractivity contribution in [3.05, 3.63) is 51.6 Å². The van der Waals surface area contributed by atoms with E-state index >= 15 is 0 Å². The van der Waals surface area contributed by atoms with Crippen molar-refractivity contribution in [2.45, 2.75) is 6.61 Å². The number of benzene rings is 1. The molecule has 118 valence electrons. The molecule has 0 saturated heterocycles. The molecule has 0 amide bonds. The van der Waals surface area contributed by atoms with Crippen molar-refractivity contribution >= 4 is 33.2 Å². The molecule has 2 aromatic heterocycles. The molecule has 3 aromatic rings. The summed E-state index contributed by atoms with van der Waals surface area (Å²) in [6, 6.07) is 8.83. The summed E-state index contributed by atoms with van der Waals surface area (Å²) < 4.78 is 16.4. The molecule has 0 spiro atoms. The molecule has 0 unspecified atom stereocenters. The lowest BCUT2D eigenvalue weighted by Gasteiger charge is -2.06. The van der Waals surface area contributed by atoms with E-state index in [0.29, 0.717) is 21.7 Å². The Balaban J connectivity index is 1.67. The zero-order valence-corrected chi connectivity index (χ0v) is 14.4. The Morgan fingerprint density at radius 1 is 1.35 bits per heavy atom. The largest absolute Gasteiger partial charge is 0.497 e. The summed E-state index contributed by atoms with van der Waals surface area (Å²) in [6.07, 6.45) is 0. The lowest BCUT2D eigenvalue weighted by molar-refractivity contribution is 0.0437. The van der Waals surface area contributed by atoms with Crippen LogP contribution in [0.1, 0.15) is 16.2 Å². The molecule has 8 heteroatoms. The summed E-state index contributed by atoms with van der Waals surface area (Å²) in [5, 5.41) is 9.71. The summed E-state index contributed by atoms with van der Waals surface area (Å²) in [7, 11) is 1.53. The highest BCUT2D eigenvalue weighted by Gasteiger charge is 2.15. The molecule has 0 atom stereocenters. The van der Waals surface area contributed by atoms with E-state index in [4.69, 9.17) is 13.9 Å². The maximum atomic E-state index is 12.1. The number of nitrogens with zero attached hydrogens (tertiary/aromatic N) is 2. The van der Waals surface area contributed by atoms with Crippen molar-refractivity contribution in [1.29, 1.82) is 0 Å². The fourth-order valence-corrected chi connectivity index (χ4v) is 2.86. The molecule has 0 aliphatic carbocycles. The second-order valence-corrected chi connectivity index (χ2v) is 6.20. The summed E-state index contributed by atoms with van der Waals surface area (Å²) in [5.74, 6) is 0.707. The third kappa shape index (κ3) is 3.59. The molecule has 3 rings (SSSR count). The summed E-state index contributed by atoms with van der Waals surface area (Å²) in [6.45, 7) is -0.0964. The van der Waals surface area contributed by atoms with Crippen LogP contribution < -0.4 is 4.74 Å². The number of carbonyl (C=O) groups excluding carboxylic acids is 1. The van der Waals surface area contributed by atoms with Crippen LogP contribution in [0.15, 0.2) is 44.6 Å². The Labute approximate surface area is 144 Å². The van der Waals surface area contributed by atoms with E-state index in [0.717, 1.165) is 4.88 Å². The Kier molecular flexibility index (Phi) is 4.73. The van der Waals surface area contributed by atoms with Crippen molar-refractivity contribution in [2.24, 2.45) is 0 Å². The van der Waals surface area contributed by atoms with E-state index in [2.05, 4.69) is 26.1 Å². The highest BCUT2D eigenvalue weighted by molar-refractivity contribution is 9.10. The maximum absolute atomic E-state index is 12.1. The summed E-state index contributed by atoms with van der Waals surface area (Å²) in [4.78, 5) is 13.0. The van der Waals surface area contributed by atoms with E-state index in [9.17, 15) is 4.79 Å². The molecule has 0 saturated carbocycles. The number of hydrogen-bond acceptors (Lipinski definition) is 7. The van der Waals surface area contributed by atoms with Gasteiger partial charge < -0.3 is 13.9 Å². The van der Waals surface area contributed by atoms with Gasteiger partial charge in [-0.3, -0.25) is 0 Å². The highest BCUT2D eigenvalue weighted by atomic mass is 79.9. The summed E-state index contributed by atoms with van der Waals surface area (Å²) >= 11 is 4.80. The monoisotopic (exact) mass is 394 g/mol. The number of carbonyl (C=O) groups is 1. The van der Waals surface area contributed by atoms with Crippen LogP contribution in [0.3, 0.4) is 0 Å². The lowest BCUT2D eigenvalue weighted by Crippen LogP contribution is -2.06. The van der Waals surface area contributed by atoms with Crippen molar-refractivity contribution in [2.75, 3.05) is 7.11 Å². The molecule has 1 aromatic carbocycles. The zero-order valence-electron chi connectivity index (χ0n) is 12.0. The van der Waals surface area contributed by atoms with E-state index < -0.39 is 5.97 Å². The van der Waals surface area contributed by atoms with Gasteiger partial charge in [0.15, 0.2) is 6.61 Å². The standard InChI is InChI=1S/C15H11BrN2O4S/c1-20-9-4-5-11(16)10(7-9)15(19)21-8-13-17-18-14(22-13)12-3-2-6-23-12/h2-7H,8H2,1H3. The zero-order chi connectivity index (χ0) is 16.2. The average molecular weight is 395 g/mol. The molecule has 0 aliphatic rings. The number of rotatable bonds is 5. The van der Waals surface area contributed by atoms with Gasteiger partial charge in [-0.25, -0.2) is 4.79 Å². The van der Waals surface area contributed by atoms with Gasteiger partial charge in [0.25, 0.3) is 11.8 Å². The SMILES string of the molecule is COc1ccc(Br)c(C(=O)OCc2nnc(-c3cccs3)o2)c1. The number of methoxy groups -OCH3 is 1. The van der Waals surface area contributed by atoms with Crippen molar-refractivity contribution in [1.82, 2.24) is 10.2 Å². The lowest BCUT2D eigenvalue weighted by atomic mass is 10.2. The van der Waals surface area contributed by atoms with Gasteiger partial charge in [-0.1, -0.05) is 6.07 Å². The van der Waals surface area contributed by atoms with Gasteiger partial charge in [0.1, 0.15) is 5.75 Å². The van der Waals surface area contributed by atoms with Crippen molar-refractivity contribution in [3.8, 4) is 16.5 Å². The van der Waals surface area contributed by atoms with Crippen LogP contribution in [0.5, 0.6) is 5.75 Å². The van der Waals surface area contributed by atoms with Crippen LogP contribution in [-0.4, -0.2) is 23.3 Å². The number of halogens is 1. The Hall–Kier alpha value is -2.19. The second kappa shape index (κ2) is 6.93. The van der Waals surface area contributed by atoms with Gasteiger partial charge in [-0.15, -0.1) is 21.5 Å². The number of aromatic nitrogens is 2. The molecule has 0 fully saturated rings. The molecule has 23 heavy (non-hydrogen) atoms. The van der Waals surface area contributed by atoms with Crippen LogP contribution >= 0.6 is 27.3 Å². The molecule has 2 heterocycles. The predicted octanol–water partition coefficient (Wildman–Crippen LogP) is 3.93. The first kappa shape index (κ1) is 15.7. The topological polar surface area (TPSA) is 74.5 Å². The van der Waals surface area contributed by atoms with E-state index in [1.54, 1.807) is 18.2 Å². The minimum absolute atomic E-state index is 0.0964. The van der Waals surface area contributed by atoms with E-state index in [-0.39, 0.29) is 12.5 Å². The van der Waals surface area contributed by atoms with Gasteiger partial charge in [-0.05, 0) is 45.6 Å². The minimum atomic E-state index is -0.508. The first-order valence-electron chi connectivity index (χ1n) is 6.54. The molecular formula is C15H11BrN2O4S.